The highest BCUT2D eigenvalue weighted by Gasteiger charge is 2.29. The van der Waals surface area contributed by atoms with Gasteiger partial charge in [0.15, 0.2) is 0 Å². The third-order valence-electron chi connectivity index (χ3n) is 6.77. The summed E-state index contributed by atoms with van der Waals surface area (Å²) in [6, 6.07) is 14.4. The Morgan fingerprint density at radius 1 is 1.26 bits per heavy atom. The van der Waals surface area contributed by atoms with Gasteiger partial charge in [0.25, 0.3) is 5.91 Å². The summed E-state index contributed by atoms with van der Waals surface area (Å²) in [6.07, 6.45) is 3.20. The van der Waals surface area contributed by atoms with Gasteiger partial charge in [-0.1, -0.05) is 19.1 Å². The zero-order valence-corrected chi connectivity index (χ0v) is 18.4. The Labute approximate surface area is 183 Å². The van der Waals surface area contributed by atoms with Crippen molar-refractivity contribution in [2.24, 2.45) is 7.05 Å². The summed E-state index contributed by atoms with van der Waals surface area (Å²) in [4.78, 5) is 23.0. The minimum atomic E-state index is 0.0738. The molecule has 0 radical (unpaired) electrons. The van der Waals surface area contributed by atoms with Crippen LogP contribution in [0.1, 0.15) is 41.5 Å². The average molecular weight is 419 g/mol. The second kappa shape index (κ2) is 8.35. The van der Waals surface area contributed by atoms with Crippen molar-refractivity contribution in [2.45, 2.75) is 38.8 Å². The minimum Gasteiger partial charge on any atom is -0.493 e. The number of ether oxygens (including phenoxy) is 1. The van der Waals surface area contributed by atoms with Crippen molar-refractivity contribution < 1.29 is 9.53 Å². The van der Waals surface area contributed by atoms with E-state index in [2.05, 4.69) is 22.5 Å². The number of para-hydroxylation sites is 2. The molecule has 6 nitrogen and oxygen atoms in total. The quantitative estimate of drug-likeness (QED) is 0.613. The first kappa shape index (κ1) is 20.1. The number of likely N-dealkylation sites (tertiary alicyclic amines) is 1. The van der Waals surface area contributed by atoms with E-state index in [0.29, 0.717) is 19.2 Å². The van der Waals surface area contributed by atoms with Crippen LogP contribution in [-0.4, -0.2) is 57.5 Å². The maximum Gasteiger partial charge on any atom is 0.254 e. The van der Waals surface area contributed by atoms with Gasteiger partial charge < -0.3 is 14.2 Å². The third kappa shape index (κ3) is 3.81. The number of carbonyl (C=O) groups is 1. The van der Waals surface area contributed by atoms with E-state index in [1.165, 1.54) is 6.42 Å². The van der Waals surface area contributed by atoms with Crippen LogP contribution in [0.3, 0.4) is 0 Å². The van der Waals surface area contributed by atoms with Crippen LogP contribution in [0.5, 0.6) is 5.75 Å². The zero-order valence-electron chi connectivity index (χ0n) is 18.4. The first-order chi connectivity index (χ1) is 15.1. The third-order valence-corrected chi connectivity index (χ3v) is 6.77. The molecule has 3 heterocycles. The van der Waals surface area contributed by atoms with Crippen LogP contribution in [0.15, 0.2) is 42.5 Å². The Bertz CT molecular complexity index is 1110. The lowest BCUT2D eigenvalue weighted by molar-refractivity contribution is 0.0685. The smallest absolute Gasteiger partial charge is 0.254 e. The Hall–Kier alpha value is -2.86. The van der Waals surface area contributed by atoms with Gasteiger partial charge >= 0.3 is 0 Å². The molecule has 1 unspecified atom stereocenters. The van der Waals surface area contributed by atoms with Crippen molar-refractivity contribution in [2.75, 3.05) is 26.2 Å². The molecule has 162 valence electrons. The molecule has 1 amide bonds. The van der Waals surface area contributed by atoms with Gasteiger partial charge in [0, 0.05) is 31.6 Å². The summed E-state index contributed by atoms with van der Waals surface area (Å²) in [5.74, 6) is 1.90. The van der Waals surface area contributed by atoms with E-state index in [4.69, 9.17) is 9.72 Å². The Kier molecular flexibility index (Phi) is 5.40. The van der Waals surface area contributed by atoms with Crippen molar-refractivity contribution in [3.8, 4) is 5.75 Å². The number of aromatic nitrogens is 2. The van der Waals surface area contributed by atoms with E-state index in [1.807, 2.05) is 48.3 Å². The summed E-state index contributed by atoms with van der Waals surface area (Å²) >= 11 is 0. The predicted molar refractivity (Wildman–Crippen MR) is 121 cm³/mol. The van der Waals surface area contributed by atoms with Crippen molar-refractivity contribution >= 4 is 16.9 Å². The fraction of sp³-hybridized carbons (Fsp3) is 0.440. The van der Waals surface area contributed by atoms with E-state index >= 15 is 0 Å². The SMILES string of the molecule is CCN1CCCC1CN(Cc1nc2ccccc2n1C)C(=O)c1ccc2c(c1)CCO2. The van der Waals surface area contributed by atoms with Crippen LogP contribution in [0.2, 0.25) is 0 Å². The van der Waals surface area contributed by atoms with Crippen molar-refractivity contribution in [1.82, 2.24) is 19.4 Å². The summed E-state index contributed by atoms with van der Waals surface area (Å²) in [5.41, 5.74) is 3.93. The molecule has 31 heavy (non-hydrogen) atoms. The molecule has 1 atom stereocenters. The van der Waals surface area contributed by atoms with Gasteiger partial charge in [-0.05, 0) is 61.8 Å². The molecule has 2 aliphatic heterocycles. The van der Waals surface area contributed by atoms with Crippen molar-refractivity contribution in [3.63, 3.8) is 0 Å². The lowest BCUT2D eigenvalue weighted by Gasteiger charge is -2.30. The number of rotatable bonds is 6. The average Bonchev–Trinajstić information content (AvgIpc) is 3.51. The number of hydrogen-bond donors (Lipinski definition) is 0. The summed E-state index contributed by atoms with van der Waals surface area (Å²) in [6.45, 7) is 6.27. The summed E-state index contributed by atoms with van der Waals surface area (Å²) in [7, 11) is 2.04. The molecule has 3 aromatic rings. The van der Waals surface area contributed by atoms with Gasteiger partial charge in [-0.2, -0.15) is 0 Å². The Morgan fingerprint density at radius 2 is 2.13 bits per heavy atom. The highest BCUT2D eigenvalue weighted by molar-refractivity contribution is 5.94. The molecule has 0 saturated carbocycles. The molecule has 2 aliphatic rings. The number of benzene rings is 2. The minimum absolute atomic E-state index is 0.0738. The number of fused-ring (bicyclic) bond motifs is 2. The number of nitrogens with zero attached hydrogens (tertiary/aromatic N) is 4. The second-order valence-electron chi connectivity index (χ2n) is 8.61. The molecule has 1 aromatic heterocycles. The Balaban J connectivity index is 1.46. The van der Waals surface area contributed by atoms with Crippen LogP contribution in [0.4, 0.5) is 0 Å². The van der Waals surface area contributed by atoms with E-state index in [1.54, 1.807) is 0 Å². The van der Waals surface area contributed by atoms with E-state index in [0.717, 1.165) is 66.2 Å². The highest BCUT2D eigenvalue weighted by Crippen LogP contribution is 2.27. The first-order valence-corrected chi connectivity index (χ1v) is 11.3. The normalized spacial score (nSPS) is 18.3. The van der Waals surface area contributed by atoms with Gasteiger partial charge in [-0.15, -0.1) is 0 Å². The summed E-state index contributed by atoms with van der Waals surface area (Å²) in [5, 5.41) is 0. The number of hydrogen-bond acceptors (Lipinski definition) is 4. The largest absolute Gasteiger partial charge is 0.493 e. The van der Waals surface area contributed by atoms with Crippen LogP contribution < -0.4 is 4.74 Å². The fourth-order valence-electron chi connectivity index (χ4n) is 5.00. The molecule has 6 heteroatoms. The standard InChI is InChI=1S/C25H30N4O2/c1-3-28-13-6-7-20(28)16-29(17-24-26-21-8-4-5-9-22(21)27(24)2)25(30)19-10-11-23-18(15-19)12-14-31-23/h4-5,8-11,15,20H,3,6-7,12-14,16-17H2,1-2H3. The number of carbonyl (C=O) groups excluding carboxylic acids is 1. The molecule has 1 saturated heterocycles. The van der Waals surface area contributed by atoms with Gasteiger partial charge in [0.1, 0.15) is 11.6 Å². The fourth-order valence-corrected chi connectivity index (χ4v) is 5.00. The maximum absolute atomic E-state index is 13.7. The monoisotopic (exact) mass is 418 g/mol. The molecule has 0 aliphatic carbocycles. The maximum atomic E-state index is 13.7. The van der Waals surface area contributed by atoms with Crippen LogP contribution in [0.25, 0.3) is 11.0 Å². The predicted octanol–water partition coefficient (Wildman–Crippen LogP) is 3.63. The highest BCUT2D eigenvalue weighted by atomic mass is 16.5. The van der Waals surface area contributed by atoms with Crippen molar-refractivity contribution in [3.05, 3.63) is 59.4 Å². The van der Waals surface area contributed by atoms with Gasteiger partial charge in [0.2, 0.25) is 0 Å². The van der Waals surface area contributed by atoms with Crippen LogP contribution >= 0.6 is 0 Å². The van der Waals surface area contributed by atoms with Gasteiger partial charge in [-0.25, -0.2) is 4.98 Å². The topological polar surface area (TPSA) is 50.6 Å². The lowest BCUT2D eigenvalue weighted by Crippen LogP contribution is -2.43. The van der Waals surface area contributed by atoms with Crippen LogP contribution in [0, 0.1) is 0 Å². The molecule has 2 aromatic carbocycles. The molecule has 1 fully saturated rings. The molecule has 0 N–H and O–H groups in total. The number of imidazole rings is 1. The lowest BCUT2D eigenvalue weighted by atomic mass is 10.1. The van der Waals surface area contributed by atoms with E-state index < -0.39 is 0 Å². The first-order valence-electron chi connectivity index (χ1n) is 11.3. The van der Waals surface area contributed by atoms with Gasteiger partial charge in [-0.3, -0.25) is 9.69 Å². The summed E-state index contributed by atoms with van der Waals surface area (Å²) < 4.78 is 7.74. The molecule has 0 spiro atoms. The van der Waals surface area contributed by atoms with Crippen molar-refractivity contribution in [1.29, 1.82) is 0 Å². The molecular weight excluding hydrogens is 388 g/mol. The number of likely N-dealkylation sites (N-methyl/N-ethyl adjacent to an activating group) is 1. The van der Waals surface area contributed by atoms with E-state index in [-0.39, 0.29) is 5.91 Å². The van der Waals surface area contributed by atoms with Gasteiger partial charge in [0.05, 0.1) is 24.2 Å². The number of amides is 1. The second-order valence-corrected chi connectivity index (χ2v) is 8.61. The molecule has 5 rings (SSSR count). The molecule has 0 bridgehead atoms. The Morgan fingerprint density at radius 3 is 2.97 bits per heavy atom. The van der Waals surface area contributed by atoms with E-state index in [9.17, 15) is 4.79 Å². The number of aryl methyl sites for hydroxylation is 1. The molecular formula is C25H30N4O2. The zero-order chi connectivity index (χ0) is 21.4. The van der Waals surface area contributed by atoms with Crippen LogP contribution in [-0.2, 0) is 20.0 Å².